The number of aliphatic hydroxyl groups is 1. The number of ether oxygens (including phenoxy) is 2. The van der Waals surface area contributed by atoms with Crippen molar-refractivity contribution in [2.45, 2.75) is 64.9 Å². The number of aliphatic hydroxyl groups excluding tert-OH is 1. The lowest BCUT2D eigenvalue weighted by molar-refractivity contribution is -0.123. The number of benzene rings is 1. The predicted molar refractivity (Wildman–Crippen MR) is 112 cm³/mol. The van der Waals surface area contributed by atoms with Crippen molar-refractivity contribution in [3.8, 4) is 0 Å². The van der Waals surface area contributed by atoms with E-state index < -0.39 is 35.8 Å². The zero-order valence-electron chi connectivity index (χ0n) is 18.1. The molecule has 1 aromatic carbocycles. The fourth-order valence-corrected chi connectivity index (χ4v) is 2.36. The van der Waals surface area contributed by atoms with E-state index in [-0.39, 0.29) is 26.1 Å². The van der Waals surface area contributed by atoms with Gasteiger partial charge in [-0.15, -0.1) is 0 Å². The molecule has 0 saturated carbocycles. The summed E-state index contributed by atoms with van der Waals surface area (Å²) in [5, 5.41) is 17.1. The summed E-state index contributed by atoms with van der Waals surface area (Å²) in [5.74, 6) is -0.440. The van der Waals surface area contributed by atoms with Gasteiger partial charge in [0.05, 0.1) is 6.10 Å². The van der Waals surface area contributed by atoms with Crippen LogP contribution in [0.2, 0.25) is 0 Å². The minimum atomic E-state index is -0.868. The zero-order chi connectivity index (χ0) is 22.6. The molecular weight excluding hydrogens is 390 g/mol. The maximum atomic E-state index is 12.4. The molecule has 9 nitrogen and oxygen atoms in total. The van der Waals surface area contributed by atoms with Crippen LogP contribution in [0.3, 0.4) is 0 Å². The van der Waals surface area contributed by atoms with Gasteiger partial charge in [-0.3, -0.25) is 4.79 Å². The van der Waals surface area contributed by atoms with Crippen LogP contribution in [0.1, 0.15) is 46.1 Å². The van der Waals surface area contributed by atoms with E-state index in [1.54, 1.807) is 27.7 Å². The molecule has 0 aliphatic carbocycles. The largest absolute Gasteiger partial charge is 0.445 e. The molecule has 1 rings (SSSR count). The Hall–Kier alpha value is -2.81. The van der Waals surface area contributed by atoms with Gasteiger partial charge in [-0.05, 0) is 46.1 Å². The highest BCUT2D eigenvalue weighted by atomic mass is 16.6. The molecule has 0 aromatic heterocycles. The normalized spacial score (nSPS) is 13.0. The van der Waals surface area contributed by atoms with E-state index in [1.165, 1.54) is 0 Å². The van der Waals surface area contributed by atoms with Crippen LogP contribution in [0.5, 0.6) is 0 Å². The first-order valence-electron chi connectivity index (χ1n) is 9.96. The smallest absolute Gasteiger partial charge is 0.408 e. The van der Waals surface area contributed by atoms with E-state index in [4.69, 9.17) is 9.47 Å². The summed E-state index contributed by atoms with van der Waals surface area (Å²) in [5.41, 5.74) is 0.224. The van der Waals surface area contributed by atoms with Crippen molar-refractivity contribution in [2.24, 2.45) is 0 Å². The van der Waals surface area contributed by atoms with Crippen LogP contribution in [0.4, 0.5) is 9.59 Å². The van der Waals surface area contributed by atoms with Crippen LogP contribution in [0, 0.1) is 0 Å². The summed E-state index contributed by atoms with van der Waals surface area (Å²) in [6.45, 7) is 7.25. The van der Waals surface area contributed by atoms with E-state index in [0.717, 1.165) is 5.56 Å². The van der Waals surface area contributed by atoms with Crippen LogP contribution >= 0.6 is 0 Å². The molecular formula is C21H33N3O6. The first kappa shape index (κ1) is 25.2. The summed E-state index contributed by atoms with van der Waals surface area (Å²) in [7, 11) is 0. The molecule has 0 spiro atoms. The second kappa shape index (κ2) is 12.7. The average Bonchev–Trinajstić information content (AvgIpc) is 2.66. The van der Waals surface area contributed by atoms with Crippen molar-refractivity contribution in [2.75, 3.05) is 13.1 Å². The van der Waals surface area contributed by atoms with Crippen molar-refractivity contribution in [3.63, 3.8) is 0 Å². The molecule has 0 radical (unpaired) electrons. The first-order chi connectivity index (χ1) is 14.1. The minimum Gasteiger partial charge on any atom is -0.445 e. The maximum absolute atomic E-state index is 12.4. The Kier molecular flexibility index (Phi) is 10.7. The number of carbonyl (C=O) groups excluding carboxylic acids is 3. The summed E-state index contributed by atoms with van der Waals surface area (Å²) in [4.78, 5) is 36.2. The molecule has 0 aliphatic rings. The Bertz CT molecular complexity index is 673. The third-order valence-electron chi connectivity index (χ3n) is 3.73. The van der Waals surface area contributed by atoms with Crippen LogP contribution in [0.15, 0.2) is 30.3 Å². The second-order valence-corrected chi connectivity index (χ2v) is 7.92. The Balaban J connectivity index is 2.51. The van der Waals surface area contributed by atoms with Crippen molar-refractivity contribution in [1.29, 1.82) is 0 Å². The van der Waals surface area contributed by atoms with E-state index in [1.807, 2.05) is 30.3 Å². The van der Waals surface area contributed by atoms with Crippen LogP contribution in [-0.4, -0.2) is 54.0 Å². The molecule has 168 valence electrons. The standard InChI is InChI=1S/C21H33N3O6/c1-15(25)13-23-18(26)17(11-8-12-22-19(27)30-21(2,3)4)24-20(28)29-14-16-9-6-5-7-10-16/h5-7,9-10,15,17,25H,8,11-14H2,1-4H3,(H,22,27)(H,23,26)(H,24,28). The van der Waals surface area contributed by atoms with Gasteiger partial charge in [0.25, 0.3) is 0 Å². The molecule has 0 bridgehead atoms. The highest BCUT2D eigenvalue weighted by Gasteiger charge is 2.22. The fraction of sp³-hybridized carbons (Fsp3) is 0.571. The lowest BCUT2D eigenvalue weighted by Crippen LogP contribution is -2.48. The van der Waals surface area contributed by atoms with Crippen LogP contribution < -0.4 is 16.0 Å². The zero-order valence-corrected chi connectivity index (χ0v) is 18.1. The Morgan fingerprint density at radius 1 is 1.07 bits per heavy atom. The lowest BCUT2D eigenvalue weighted by Gasteiger charge is -2.21. The molecule has 2 unspecified atom stereocenters. The van der Waals surface area contributed by atoms with Crippen molar-refractivity contribution < 1.29 is 29.0 Å². The van der Waals surface area contributed by atoms with Crippen LogP contribution in [0.25, 0.3) is 0 Å². The Morgan fingerprint density at radius 2 is 1.73 bits per heavy atom. The number of carbonyl (C=O) groups is 3. The van der Waals surface area contributed by atoms with E-state index in [0.29, 0.717) is 6.42 Å². The van der Waals surface area contributed by atoms with Crippen molar-refractivity contribution in [3.05, 3.63) is 35.9 Å². The van der Waals surface area contributed by atoms with E-state index in [9.17, 15) is 19.5 Å². The van der Waals surface area contributed by atoms with Gasteiger partial charge in [0.1, 0.15) is 18.2 Å². The molecule has 0 heterocycles. The predicted octanol–water partition coefficient (Wildman–Crippen LogP) is 2.08. The Morgan fingerprint density at radius 3 is 2.33 bits per heavy atom. The summed E-state index contributed by atoms with van der Waals surface area (Å²) >= 11 is 0. The summed E-state index contributed by atoms with van der Waals surface area (Å²) < 4.78 is 10.3. The van der Waals surface area contributed by atoms with Crippen molar-refractivity contribution >= 4 is 18.1 Å². The topological polar surface area (TPSA) is 126 Å². The SMILES string of the molecule is CC(O)CNC(=O)C(CCCNC(=O)OC(C)(C)C)NC(=O)OCc1ccccc1. The fourth-order valence-electron chi connectivity index (χ4n) is 2.36. The maximum Gasteiger partial charge on any atom is 0.408 e. The van der Waals surface area contributed by atoms with Gasteiger partial charge < -0.3 is 30.5 Å². The van der Waals surface area contributed by atoms with Gasteiger partial charge in [-0.2, -0.15) is 0 Å². The number of amides is 3. The monoisotopic (exact) mass is 423 g/mol. The molecule has 0 aliphatic heterocycles. The molecule has 0 saturated heterocycles. The van der Waals surface area contributed by atoms with Gasteiger partial charge >= 0.3 is 12.2 Å². The van der Waals surface area contributed by atoms with E-state index in [2.05, 4.69) is 16.0 Å². The number of rotatable bonds is 10. The average molecular weight is 424 g/mol. The molecule has 9 heteroatoms. The molecule has 1 aromatic rings. The minimum absolute atomic E-state index is 0.0617. The first-order valence-corrected chi connectivity index (χ1v) is 9.96. The quantitative estimate of drug-likeness (QED) is 0.427. The van der Waals surface area contributed by atoms with Gasteiger partial charge in [0.15, 0.2) is 0 Å². The number of nitrogens with one attached hydrogen (secondary N) is 3. The van der Waals surface area contributed by atoms with Gasteiger partial charge in [0, 0.05) is 13.1 Å². The number of hydrogen-bond donors (Lipinski definition) is 4. The van der Waals surface area contributed by atoms with Gasteiger partial charge in [0.2, 0.25) is 5.91 Å². The third kappa shape index (κ3) is 11.9. The molecule has 4 N–H and O–H groups in total. The van der Waals surface area contributed by atoms with E-state index >= 15 is 0 Å². The summed E-state index contributed by atoms with van der Waals surface area (Å²) in [6.07, 6.45) is -1.30. The molecule has 3 amide bonds. The van der Waals surface area contributed by atoms with Gasteiger partial charge in [-0.1, -0.05) is 30.3 Å². The highest BCUT2D eigenvalue weighted by molar-refractivity contribution is 5.85. The van der Waals surface area contributed by atoms with Crippen LogP contribution in [-0.2, 0) is 20.9 Å². The lowest BCUT2D eigenvalue weighted by atomic mass is 10.1. The van der Waals surface area contributed by atoms with Gasteiger partial charge in [-0.25, -0.2) is 9.59 Å². The number of hydrogen-bond acceptors (Lipinski definition) is 6. The molecule has 2 atom stereocenters. The molecule has 30 heavy (non-hydrogen) atoms. The molecule has 0 fully saturated rings. The Labute approximate surface area is 177 Å². The second-order valence-electron chi connectivity index (χ2n) is 7.92. The number of alkyl carbamates (subject to hydrolysis) is 2. The van der Waals surface area contributed by atoms with Crippen molar-refractivity contribution in [1.82, 2.24) is 16.0 Å². The third-order valence-corrected chi connectivity index (χ3v) is 3.73. The summed E-state index contributed by atoms with van der Waals surface area (Å²) in [6, 6.07) is 8.30. The highest BCUT2D eigenvalue weighted by Crippen LogP contribution is 2.07.